The van der Waals surface area contributed by atoms with Crippen LogP contribution in [-0.4, -0.2) is 39.8 Å². The molecule has 3 aromatic rings. The Morgan fingerprint density at radius 2 is 1.90 bits per heavy atom. The number of nitrogens with zero attached hydrogens (tertiary/aromatic N) is 3. The Morgan fingerprint density at radius 1 is 1.06 bits per heavy atom. The maximum absolute atomic E-state index is 13.1. The van der Waals surface area contributed by atoms with Crippen molar-refractivity contribution < 1.29 is 14.3 Å². The van der Waals surface area contributed by atoms with E-state index in [0.717, 1.165) is 24.1 Å². The Kier molecular flexibility index (Phi) is 5.08. The van der Waals surface area contributed by atoms with E-state index >= 15 is 0 Å². The second kappa shape index (κ2) is 8.18. The Balaban J connectivity index is 1.25. The van der Waals surface area contributed by atoms with E-state index in [-0.39, 0.29) is 23.7 Å². The largest absolute Gasteiger partial charge is 0.437 e. The highest BCUT2D eigenvalue weighted by atomic mass is 16.5. The molecule has 1 saturated heterocycles. The van der Waals surface area contributed by atoms with Crippen molar-refractivity contribution in [3.63, 3.8) is 0 Å². The molecule has 3 heterocycles. The number of ether oxygens (including phenoxy) is 1. The van der Waals surface area contributed by atoms with Gasteiger partial charge in [0.2, 0.25) is 11.8 Å². The summed E-state index contributed by atoms with van der Waals surface area (Å²) in [5.41, 5.74) is 2.56. The van der Waals surface area contributed by atoms with Crippen LogP contribution >= 0.6 is 0 Å². The lowest BCUT2D eigenvalue weighted by Crippen LogP contribution is -2.40. The molecular weight excluding hydrogens is 392 g/mol. The molecule has 2 aromatic carbocycles. The fourth-order valence-electron chi connectivity index (χ4n) is 4.47. The first-order valence-electron chi connectivity index (χ1n) is 10.4. The molecule has 5 rings (SSSR count). The fraction of sp³-hybridized carbons (Fsp3) is 0.250. The Labute approximate surface area is 180 Å². The summed E-state index contributed by atoms with van der Waals surface area (Å²) in [6.45, 7) is 1.26. The number of likely N-dealkylation sites (tertiary alicyclic amines) is 1. The van der Waals surface area contributed by atoms with Gasteiger partial charge in [-0.3, -0.25) is 14.6 Å². The summed E-state index contributed by atoms with van der Waals surface area (Å²) in [7, 11) is 0. The summed E-state index contributed by atoms with van der Waals surface area (Å²) in [6.07, 6.45) is 6.25. The molecule has 31 heavy (non-hydrogen) atoms. The van der Waals surface area contributed by atoms with Gasteiger partial charge in [-0.05, 0) is 48.6 Å². The number of fused-ring (bicyclic) bond motifs is 1. The first-order chi connectivity index (χ1) is 15.2. The number of piperidine rings is 1. The lowest BCUT2D eigenvalue weighted by molar-refractivity contribution is -0.118. The first-order valence-corrected chi connectivity index (χ1v) is 10.4. The number of aromatic nitrogens is 2. The SMILES string of the molecule is O=C1Nc2ccccc2C1C1CCN(C(=O)c2cccc(Oc3cnccn3)c2)CC1. The Bertz CT molecular complexity index is 1110. The minimum absolute atomic E-state index is 0.0284. The number of carbonyl (C=O) groups excluding carboxylic acids is 2. The van der Waals surface area contributed by atoms with Crippen LogP contribution in [0.4, 0.5) is 5.69 Å². The average Bonchev–Trinajstić information content (AvgIpc) is 3.15. The summed E-state index contributed by atoms with van der Waals surface area (Å²) in [4.78, 5) is 35.5. The lowest BCUT2D eigenvalue weighted by atomic mass is 9.80. The minimum Gasteiger partial charge on any atom is -0.437 e. The van der Waals surface area contributed by atoms with E-state index in [4.69, 9.17) is 4.74 Å². The summed E-state index contributed by atoms with van der Waals surface area (Å²) >= 11 is 0. The average molecular weight is 414 g/mol. The summed E-state index contributed by atoms with van der Waals surface area (Å²) in [6, 6.07) is 15.0. The van der Waals surface area contributed by atoms with Crippen LogP contribution in [0.3, 0.4) is 0 Å². The van der Waals surface area contributed by atoms with Gasteiger partial charge in [0.15, 0.2) is 0 Å². The number of rotatable bonds is 4. The van der Waals surface area contributed by atoms with E-state index < -0.39 is 0 Å². The number of benzene rings is 2. The van der Waals surface area contributed by atoms with Crippen molar-refractivity contribution >= 4 is 17.5 Å². The quantitative estimate of drug-likeness (QED) is 0.701. The third-order valence-electron chi connectivity index (χ3n) is 5.98. The second-order valence-corrected chi connectivity index (χ2v) is 7.86. The maximum Gasteiger partial charge on any atom is 0.253 e. The minimum atomic E-state index is -0.128. The molecule has 0 radical (unpaired) electrons. The van der Waals surface area contributed by atoms with E-state index in [9.17, 15) is 9.59 Å². The molecule has 1 unspecified atom stereocenters. The number of amides is 2. The molecule has 1 aromatic heterocycles. The number of hydrogen-bond donors (Lipinski definition) is 1. The third kappa shape index (κ3) is 3.86. The van der Waals surface area contributed by atoms with Gasteiger partial charge in [0.25, 0.3) is 5.91 Å². The van der Waals surface area contributed by atoms with Crippen LogP contribution in [0.2, 0.25) is 0 Å². The normalized spacial score (nSPS) is 18.4. The first kappa shape index (κ1) is 19.2. The van der Waals surface area contributed by atoms with Gasteiger partial charge < -0.3 is 15.0 Å². The highest BCUT2D eigenvalue weighted by Crippen LogP contribution is 2.41. The molecule has 2 aliphatic rings. The predicted molar refractivity (Wildman–Crippen MR) is 115 cm³/mol. The highest BCUT2D eigenvalue weighted by Gasteiger charge is 2.38. The number of nitrogens with one attached hydrogen (secondary N) is 1. The zero-order valence-corrected chi connectivity index (χ0v) is 16.9. The van der Waals surface area contributed by atoms with Crippen LogP contribution < -0.4 is 10.1 Å². The topological polar surface area (TPSA) is 84.4 Å². The molecule has 0 saturated carbocycles. The van der Waals surface area contributed by atoms with Crippen molar-refractivity contribution in [2.24, 2.45) is 5.92 Å². The molecule has 0 aliphatic carbocycles. The van der Waals surface area contributed by atoms with Gasteiger partial charge in [0.05, 0.1) is 12.1 Å². The smallest absolute Gasteiger partial charge is 0.253 e. The summed E-state index contributed by atoms with van der Waals surface area (Å²) < 4.78 is 5.70. The van der Waals surface area contributed by atoms with Gasteiger partial charge in [-0.2, -0.15) is 0 Å². The molecular formula is C24H22N4O3. The van der Waals surface area contributed by atoms with E-state index in [1.807, 2.05) is 29.2 Å². The van der Waals surface area contributed by atoms with Crippen LogP contribution in [-0.2, 0) is 4.79 Å². The summed E-state index contributed by atoms with van der Waals surface area (Å²) in [5.74, 6) is 1.07. The third-order valence-corrected chi connectivity index (χ3v) is 5.98. The van der Waals surface area contributed by atoms with Gasteiger partial charge in [-0.15, -0.1) is 0 Å². The lowest BCUT2D eigenvalue weighted by Gasteiger charge is -2.34. The van der Waals surface area contributed by atoms with Crippen LogP contribution in [0, 0.1) is 5.92 Å². The van der Waals surface area contributed by atoms with Crippen LogP contribution in [0.15, 0.2) is 67.1 Å². The fourth-order valence-corrected chi connectivity index (χ4v) is 4.47. The van der Waals surface area contributed by atoms with Crippen LogP contribution in [0.5, 0.6) is 11.6 Å². The second-order valence-electron chi connectivity index (χ2n) is 7.86. The summed E-state index contributed by atoms with van der Waals surface area (Å²) in [5, 5.41) is 2.99. The van der Waals surface area contributed by atoms with Gasteiger partial charge in [0, 0.05) is 36.7 Å². The predicted octanol–water partition coefficient (Wildman–Crippen LogP) is 3.86. The van der Waals surface area contributed by atoms with E-state index in [2.05, 4.69) is 15.3 Å². The van der Waals surface area contributed by atoms with E-state index in [1.54, 1.807) is 36.7 Å². The molecule has 0 bridgehead atoms. The van der Waals surface area contributed by atoms with Gasteiger partial charge in [-0.1, -0.05) is 24.3 Å². The molecule has 7 heteroatoms. The number of carbonyl (C=O) groups is 2. The van der Waals surface area contributed by atoms with Crippen molar-refractivity contribution in [3.8, 4) is 11.6 Å². The zero-order valence-electron chi connectivity index (χ0n) is 16.9. The molecule has 1 N–H and O–H groups in total. The molecule has 1 atom stereocenters. The molecule has 7 nitrogen and oxygen atoms in total. The molecule has 0 spiro atoms. The van der Waals surface area contributed by atoms with Gasteiger partial charge in [0.1, 0.15) is 5.75 Å². The number of hydrogen-bond acceptors (Lipinski definition) is 5. The van der Waals surface area contributed by atoms with Crippen molar-refractivity contribution in [1.29, 1.82) is 0 Å². The van der Waals surface area contributed by atoms with Crippen LogP contribution in [0.25, 0.3) is 0 Å². The van der Waals surface area contributed by atoms with Gasteiger partial charge in [-0.25, -0.2) is 4.98 Å². The van der Waals surface area contributed by atoms with E-state index in [0.29, 0.717) is 30.3 Å². The van der Waals surface area contributed by atoms with Crippen molar-refractivity contribution in [2.45, 2.75) is 18.8 Å². The standard InChI is InChI=1S/C24H22N4O3/c29-23-22(19-6-1-2-7-20(19)27-23)16-8-12-28(13-9-16)24(30)17-4-3-5-18(14-17)31-21-15-25-10-11-26-21/h1-7,10-11,14-16,22H,8-9,12-13H2,(H,27,29). The maximum atomic E-state index is 13.1. The monoisotopic (exact) mass is 414 g/mol. The highest BCUT2D eigenvalue weighted by molar-refractivity contribution is 6.03. The molecule has 2 amide bonds. The van der Waals surface area contributed by atoms with Gasteiger partial charge >= 0.3 is 0 Å². The molecule has 1 fully saturated rings. The number of para-hydroxylation sites is 1. The van der Waals surface area contributed by atoms with E-state index in [1.165, 1.54) is 6.20 Å². The molecule has 156 valence electrons. The van der Waals surface area contributed by atoms with Crippen molar-refractivity contribution in [2.75, 3.05) is 18.4 Å². The van der Waals surface area contributed by atoms with Crippen LogP contribution in [0.1, 0.15) is 34.7 Å². The van der Waals surface area contributed by atoms with Crippen molar-refractivity contribution in [3.05, 3.63) is 78.2 Å². The number of anilines is 1. The molecule has 2 aliphatic heterocycles. The van der Waals surface area contributed by atoms with Crippen molar-refractivity contribution in [1.82, 2.24) is 14.9 Å². The Morgan fingerprint density at radius 3 is 2.71 bits per heavy atom. The zero-order chi connectivity index (χ0) is 21.2. The Hall–Kier alpha value is -3.74.